The van der Waals surface area contributed by atoms with Gasteiger partial charge in [-0.05, 0) is 43.4 Å². The van der Waals surface area contributed by atoms with Gasteiger partial charge in [0.2, 0.25) is 0 Å². The van der Waals surface area contributed by atoms with Crippen LogP contribution in [0.15, 0.2) is 12.1 Å². The molecule has 0 saturated heterocycles. The highest BCUT2D eigenvalue weighted by molar-refractivity contribution is 9.09. The fraction of sp³-hybridized carbons (Fsp3) is 0.467. The molecular formula is C15H17BrFNO2. The van der Waals surface area contributed by atoms with E-state index in [-0.39, 0.29) is 5.56 Å². The van der Waals surface area contributed by atoms with Crippen LogP contribution in [-0.2, 0) is 4.79 Å². The minimum absolute atomic E-state index is 0.195. The number of fused-ring (bicyclic) bond motifs is 1. The van der Waals surface area contributed by atoms with Crippen molar-refractivity contribution >= 4 is 33.3 Å². The number of benzene rings is 1. The van der Waals surface area contributed by atoms with Gasteiger partial charge in [0.25, 0.3) is 11.7 Å². The maximum absolute atomic E-state index is 13.4. The van der Waals surface area contributed by atoms with E-state index >= 15 is 0 Å². The van der Waals surface area contributed by atoms with Crippen LogP contribution in [-0.4, -0.2) is 23.6 Å². The van der Waals surface area contributed by atoms with E-state index in [0.717, 1.165) is 24.2 Å². The summed E-state index contributed by atoms with van der Waals surface area (Å²) in [5.41, 5.74) is 1.40. The Labute approximate surface area is 126 Å². The molecule has 1 heterocycles. The lowest BCUT2D eigenvalue weighted by Crippen LogP contribution is -2.31. The molecule has 1 amide bonds. The first-order chi connectivity index (χ1) is 9.45. The van der Waals surface area contributed by atoms with Crippen LogP contribution >= 0.6 is 15.9 Å². The van der Waals surface area contributed by atoms with Crippen LogP contribution in [0.4, 0.5) is 10.1 Å². The summed E-state index contributed by atoms with van der Waals surface area (Å²) in [5, 5.41) is 0.919. The molecular weight excluding hydrogens is 325 g/mol. The van der Waals surface area contributed by atoms with E-state index in [0.29, 0.717) is 23.7 Å². The molecule has 20 heavy (non-hydrogen) atoms. The number of halogens is 2. The normalized spacial score (nSPS) is 15.7. The Balaban J connectivity index is 2.24. The molecule has 0 spiro atoms. The molecule has 1 aliphatic heterocycles. The lowest BCUT2D eigenvalue weighted by Gasteiger charge is -2.20. The number of carbonyl (C=O) groups excluding carboxylic acids is 2. The molecule has 1 atom stereocenters. The SMILES string of the molecule is Cc1cc(F)cc2c1N(CCC(C)CCBr)C(=O)C2=O. The smallest absolute Gasteiger partial charge is 0.299 e. The third-order valence-corrected chi connectivity index (χ3v) is 4.12. The molecule has 0 aromatic heterocycles. The van der Waals surface area contributed by atoms with E-state index in [1.165, 1.54) is 11.0 Å². The standard InChI is InChI=1S/C15H17BrFNO2/c1-9(3-5-16)4-6-18-13-10(2)7-11(17)8-12(13)14(19)15(18)20/h7-9H,3-6H2,1-2H3. The Bertz CT molecular complexity index is 559. The van der Waals surface area contributed by atoms with E-state index < -0.39 is 17.5 Å². The fourth-order valence-corrected chi connectivity index (χ4v) is 3.28. The minimum atomic E-state index is -0.601. The molecule has 5 heteroatoms. The molecule has 0 radical (unpaired) electrons. The van der Waals surface area contributed by atoms with Crippen molar-refractivity contribution in [1.29, 1.82) is 0 Å². The predicted octanol–water partition coefficient (Wildman–Crippen LogP) is 3.47. The lowest BCUT2D eigenvalue weighted by atomic mass is 10.0. The number of anilines is 1. The maximum atomic E-state index is 13.4. The van der Waals surface area contributed by atoms with Gasteiger partial charge in [0, 0.05) is 11.9 Å². The first-order valence-electron chi connectivity index (χ1n) is 6.68. The zero-order chi connectivity index (χ0) is 14.9. The van der Waals surface area contributed by atoms with Crippen molar-refractivity contribution in [3.05, 3.63) is 29.1 Å². The third kappa shape index (κ3) is 2.77. The molecule has 0 N–H and O–H groups in total. The van der Waals surface area contributed by atoms with Crippen LogP contribution in [0.5, 0.6) is 0 Å². The summed E-state index contributed by atoms with van der Waals surface area (Å²) in [6.07, 6.45) is 1.84. The van der Waals surface area contributed by atoms with Gasteiger partial charge in [-0.3, -0.25) is 9.59 Å². The number of hydrogen-bond donors (Lipinski definition) is 0. The Hall–Kier alpha value is -1.23. The summed E-state index contributed by atoms with van der Waals surface area (Å²) in [7, 11) is 0. The molecule has 1 aromatic rings. The number of hydrogen-bond acceptors (Lipinski definition) is 2. The minimum Gasteiger partial charge on any atom is -0.304 e. The number of carbonyl (C=O) groups is 2. The number of amides is 1. The van der Waals surface area contributed by atoms with Crippen LogP contribution in [0.1, 0.15) is 35.7 Å². The van der Waals surface area contributed by atoms with Gasteiger partial charge >= 0.3 is 0 Å². The Morgan fingerprint density at radius 3 is 2.65 bits per heavy atom. The summed E-state index contributed by atoms with van der Waals surface area (Å²) in [5.74, 6) is -1.16. The van der Waals surface area contributed by atoms with Crippen LogP contribution in [0.3, 0.4) is 0 Å². The van der Waals surface area contributed by atoms with Gasteiger partial charge < -0.3 is 4.90 Å². The largest absolute Gasteiger partial charge is 0.304 e. The number of nitrogens with zero attached hydrogens (tertiary/aromatic N) is 1. The maximum Gasteiger partial charge on any atom is 0.299 e. The second kappa shape index (κ2) is 6.04. The average molecular weight is 342 g/mol. The third-order valence-electron chi connectivity index (χ3n) is 3.67. The van der Waals surface area contributed by atoms with Crippen molar-refractivity contribution in [2.24, 2.45) is 5.92 Å². The first kappa shape index (κ1) is 15.2. The zero-order valence-corrected chi connectivity index (χ0v) is 13.2. The predicted molar refractivity (Wildman–Crippen MR) is 80.0 cm³/mol. The number of Topliss-reactive ketones (excluding diaryl/α,β-unsaturated/α-hetero) is 1. The van der Waals surface area contributed by atoms with Crippen molar-refractivity contribution in [2.45, 2.75) is 26.7 Å². The van der Waals surface area contributed by atoms with Gasteiger partial charge in [-0.2, -0.15) is 0 Å². The lowest BCUT2D eigenvalue weighted by molar-refractivity contribution is -0.114. The fourth-order valence-electron chi connectivity index (χ4n) is 2.50. The monoisotopic (exact) mass is 341 g/mol. The molecule has 1 unspecified atom stereocenters. The molecule has 0 bridgehead atoms. The van der Waals surface area contributed by atoms with Crippen LogP contribution < -0.4 is 4.90 Å². The highest BCUT2D eigenvalue weighted by Gasteiger charge is 2.37. The molecule has 0 saturated carbocycles. The number of rotatable bonds is 5. The van der Waals surface area contributed by atoms with E-state index in [2.05, 4.69) is 22.9 Å². The molecule has 0 aliphatic carbocycles. The summed E-state index contributed by atoms with van der Waals surface area (Å²) < 4.78 is 13.4. The van der Waals surface area contributed by atoms with E-state index in [1.807, 2.05) is 0 Å². The second-order valence-corrected chi connectivity index (χ2v) is 6.07. The van der Waals surface area contributed by atoms with Gasteiger partial charge in [-0.15, -0.1) is 0 Å². The summed E-state index contributed by atoms with van der Waals surface area (Å²) in [4.78, 5) is 25.5. The molecule has 108 valence electrons. The Kier molecular flexibility index (Phi) is 4.58. The van der Waals surface area contributed by atoms with Gasteiger partial charge in [0.15, 0.2) is 0 Å². The number of alkyl halides is 1. The quantitative estimate of drug-likeness (QED) is 0.607. The van der Waals surface area contributed by atoms with Gasteiger partial charge in [0.1, 0.15) is 5.82 Å². The Morgan fingerprint density at radius 1 is 1.30 bits per heavy atom. The molecule has 1 aromatic carbocycles. The summed E-state index contributed by atoms with van der Waals surface area (Å²) in [6.45, 7) is 4.34. The first-order valence-corrected chi connectivity index (χ1v) is 7.80. The van der Waals surface area contributed by atoms with E-state index in [9.17, 15) is 14.0 Å². The highest BCUT2D eigenvalue weighted by Crippen LogP contribution is 2.33. The Morgan fingerprint density at radius 2 is 2.00 bits per heavy atom. The van der Waals surface area contributed by atoms with E-state index in [1.54, 1.807) is 6.92 Å². The summed E-state index contributed by atoms with van der Waals surface area (Å²) in [6, 6.07) is 2.52. The van der Waals surface area contributed by atoms with Crippen LogP contribution in [0, 0.1) is 18.7 Å². The zero-order valence-electron chi connectivity index (χ0n) is 11.6. The van der Waals surface area contributed by atoms with Crippen molar-refractivity contribution in [3.8, 4) is 0 Å². The number of ketones is 1. The van der Waals surface area contributed by atoms with Gasteiger partial charge in [-0.25, -0.2) is 4.39 Å². The van der Waals surface area contributed by atoms with Crippen LogP contribution in [0.2, 0.25) is 0 Å². The summed E-state index contributed by atoms with van der Waals surface area (Å²) >= 11 is 3.39. The van der Waals surface area contributed by atoms with Crippen molar-refractivity contribution in [1.82, 2.24) is 0 Å². The molecule has 3 nitrogen and oxygen atoms in total. The molecule has 2 rings (SSSR count). The van der Waals surface area contributed by atoms with Gasteiger partial charge in [0.05, 0.1) is 11.3 Å². The van der Waals surface area contributed by atoms with Crippen molar-refractivity contribution < 1.29 is 14.0 Å². The van der Waals surface area contributed by atoms with Crippen LogP contribution in [0.25, 0.3) is 0 Å². The molecule has 0 fully saturated rings. The van der Waals surface area contributed by atoms with Crippen molar-refractivity contribution in [3.63, 3.8) is 0 Å². The average Bonchev–Trinajstić information content (AvgIpc) is 2.61. The van der Waals surface area contributed by atoms with Crippen molar-refractivity contribution in [2.75, 3.05) is 16.8 Å². The van der Waals surface area contributed by atoms with E-state index in [4.69, 9.17) is 0 Å². The second-order valence-electron chi connectivity index (χ2n) is 5.28. The number of aryl methyl sites for hydroxylation is 1. The highest BCUT2D eigenvalue weighted by atomic mass is 79.9. The molecule has 1 aliphatic rings. The topological polar surface area (TPSA) is 37.4 Å². The van der Waals surface area contributed by atoms with Gasteiger partial charge in [-0.1, -0.05) is 22.9 Å².